The molecule has 2 heterocycles. The minimum absolute atomic E-state index is 0.278. The van der Waals surface area contributed by atoms with Crippen molar-refractivity contribution in [3.05, 3.63) is 262 Å². The van der Waals surface area contributed by atoms with Crippen LogP contribution in [0.1, 0.15) is 58.4 Å². The summed E-state index contributed by atoms with van der Waals surface area (Å²) in [7, 11) is 0. The fraction of sp³-hybridized carbons (Fsp3) is 0.0909. The number of nitrogens with zero attached hydrogens (tertiary/aromatic N) is 2. The summed E-state index contributed by atoms with van der Waals surface area (Å²) in [6, 6.07) is 72.1. The molecule has 0 N–H and O–H groups in total. The van der Waals surface area contributed by atoms with Gasteiger partial charge < -0.3 is 9.80 Å². The summed E-state index contributed by atoms with van der Waals surface area (Å²) in [6.07, 6.45) is 0. The normalized spacial score (nSPS) is 13.9. The van der Waals surface area contributed by atoms with E-state index >= 15 is 0 Å². The lowest BCUT2D eigenvalue weighted by molar-refractivity contribution is 0.563. The second kappa shape index (κ2) is 15.8. The lowest BCUT2D eigenvalue weighted by Gasteiger charge is -2.47. The largest absolute Gasteiger partial charge is 0.309 e. The molecule has 0 radical (unpaired) electrons. The molecule has 6 heteroatoms. The first kappa shape index (κ1) is 42.9. The van der Waals surface area contributed by atoms with Crippen LogP contribution in [0.15, 0.2) is 206 Å². The number of rotatable bonds is 6. The molecule has 14 rings (SSSR count). The zero-order valence-corrected chi connectivity index (χ0v) is 41.7. The Labute approximate surface area is 425 Å². The zero-order valence-electron chi connectivity index (χ0n) is 40.1. The Hall–Kier alpha value is -7.90. The average molecular weight is 969 g/mol. The van der Waals surface area contributed by atoms with Gasteiger partial charge >= 0.3 is 0 Å². The van der Waals surface area contributed by atoms with Crippen LogP contribution in [0, 0.1) is 25.5 Å². The van der Waals surface area contributed by atoms with E-state index in [0.29, 0.717) is 0 Å². The monoisotopic (exact) mass is 968 g/mol. The number of benzene rings is 10. The van der Waals surface area contributed by atoms with Gasteiger partial charge in [-0.25, -0.2) is 8.78 Å². The summed E-state index contributed by atoms with van der Waals surface area (Å²) >= 11 is 3.63. The van der Waals surface area contributed by atoms with Crippen molar-refractivity contribution in [1.29, 1.82) is 0 Å². The second-order valence-electron chi connectivity index (χ2n) is 20.0. The number of aryl methyl sites for hydroxylation is 2. The Kier molecular flexibility index (Phi) is 9.42. The highest BCUT2D eigenvalue weighted by molar-refractivity contribution is 7.27. The molecule has 0 aliphatic heterocycles. The van der Waals surface area contributed by atoms with Gasteiger partial charge in [0.25, 0.3) is 0 Å². The molecule has 2 nitrogen and oxygen atoms in total. The van der Waals surface area contributed by atoms with Crippen molar-refractivity contribution in [2.24, 2.45) is 0 Å². The molecule has 0 fully saturated rings. The van der Waals surface area contributed by atoms with E-state index in [9.17, 15) is 8.78 Å². The number of anilines is 6. The number of fused-ring (bicyclic) bond motifs is 15. The summed E-state index contributed by atoms with van der Waals surface area (Å²) in [5, 5.41) is 4.87. The van der Waals surface area contributed by atoms with E-state index in [4.69, 9.17) is 0 Å². The Morgan fingerprint density at radius 1 is 0.347 bits per heavy atom. The summed E-state index contributed by atoms with van der Waals surface area (Å²) < 4.78 is 34.8. The first-order valence-electron chi connectivity index (χ1n) is 24.5. The molecule has 0 amide bonds. The van der Waals surface area contributed by atoms with E-state index in [1.165, 1.54) is 84.9 Å². The van der Waals surface area contributed by atoms with Crippen LogP contribution in [-0.2, 0) is 10.8 Å². The minimum atomic E-state index is -0.760. The molecule has 10 aromatic carbocycles. The molecule has 0 saturated carbocycles. The lowest BCUT2D eigenvalue weighted by Crippen LogP contribution is -2.40. The number of thiophene rings is 2. The third-order valence-electron chi connectivity index (χ3n) is 15.7. The van der Waals surface area contributed by atoms with Gasteiger partial charge in [0.05, 0.1) is 26.2 Å². The molecule has 0 saturated heterocycles. The maximum Gasteiger partial charge on any atom is 0.123 e. The van der Waals surface area contributed by atoms with Crippen LogP contribution in [0.3, 0.4) is 0 Å². The van der Waals surface area contributed by atoms with E-state index in [2.05, 4.69) is 195 Å². The van der Waals surface area contributed by atoms with E-state index in [1.54, 1.807) is 24.3 Å². The molecule has 0 atom stereocenters. The van der Waals surface area contributed by atoms with Crippen LogP contribution in [0.5, 0.6) is 0 Å². The molecule has 2 aromatic heterocycles. The number of hydrogen-bond donors (Lipinski definition) is 0. The Morgan fingerprint density at radius 3 is 1.12 bits per heavy atom. The summed E-state index contributed by atoms with van der Waals surface area (Å²) in [6.45, 7) is 9.08. The Balaban J connectivity index is 1.06. The fourth-order valence-electron chi connectivity index (χ4n) is 12.4. The fourth-order valence-corrected chi connectivity index (χ4v) is 15.0. The molecule has 2 aliphatic rings. The van der Waals surface area contributed by atoms with Crippen molar-refractivity contribution in [3.63, 3.8) is 0 Å². The molecule has 72 heavy (non-hydrogen) atoms. The predicted octanol–water partition coefficient (Wildman–Crippen LogP) is 19.3. The standard InChI is InChI=1S/C66H46F2N2S2/c1-39-13-9-15-49-51-17-11-23-59(63(51)71-61(39)49)69(43-29-25-41(67)26-30-43)45-33-35-47-48-36-34-46(38-58(48)66(57(47)37-45)55-21-7-5-19-53(55)65(3,4)54-20-6-8-22-56(54)66)70(44-31-27-42(68)28-32-44)60-24-12-18-52-50-16-10-14-40(2)62(50)72-64(52)60/h5-38H,1-4H3. The molecule has 2 aliphatic carbocycles. The highest BCUT2D eigenvalue weighted by Gasteiger charge is 2.53. The second-order valence-corrected chi connectivity index (χ2v) is 22.0. The quantitative estimate of drug-likeness (QED) is 0.164. The first-order chi connectivity index (χ1) is 35.1. The van der Waals surface area contributed by atoms with Crippen LogP contribution in [-0.4, -0.2) is 0 Å². The molecule has 346 valence electrons. The molecule has 0 unspecified atom stereocenters. The first-order valence-corrected chi connectivity index (χ1v) is 26.2. The van der Waals surface area contributed by atoms with Crippen LogP contribution < -0.4 is 9.80 Å². The predicted molar refractivity (Wildman–Crippen MR) is 300 cm³/mol. The van der Waals surface area contributed by atoms with E-state index in [0.717, 1.165) is 45.3 Å². The summed E-state index contributed by atoms with van der Waals surface area (Å²) in [4.78, 5) is 4.65. The molecule has 12 aromatic rings. The Bertz CT molecular complexity index is 3930. The lowest BCUT2D eigenvalue weighted by atomic mass is 9.55. The van der Waals surface area contributed by atoms with Crippen LogP contribution in [0.25, 0.3) is 51.5 Å². The van der Waals surface area contributed by atoms with Gasteiger partial charge in [0, 0.05) is 59.1 Å². The van der Waals surface area contributed by atoms with Gasteiger partial charge in [-0.1, -0.05) is 135 Å². The molecule has 1 spiro atoms. The smallest absolute Gasteiger partial charge is 0.123 e. The molecular formula is C66H46F2N2S2. The number of halogens is 2. The third kappa shape index (κ3) is 6.03. The van der Waals surface area contributed by atoms with Gasteiger partial charge in [-0.3, -0.25) is 0 Å². The van der Waals surface area contributed by atoms with Gasteiger partial charge in [-0.15, -0.1) is 22.7 Å². The van der Waals surface area contributed by atoms with Gasteiger partial charge in [-0.05, 0) is 154 Å². The average Bonchev–Trinajstić information content (AvgIpc) is 4.08. The number of hydrogen-bond acceptors (Lipinski definition) is 4. The van der Waals surface area contributed by atoms with Crippen molar-refractivity contribution in [1.82, 2.24) is 0 Å². The third-order valence-corrected chi connectivity index (χ3v) is 18.4. The summed E-state index contributed by atoms with van der Waals surface area (Å²) in [5.74, 6) is -0.556. The Morgan fingerprint density at radius 2 is 0.708 bits per heavy atom. The van der Waals surface area contributed by atoms with Gasteiger partial charge in [0.15, 0.2) is 0 Å². The highest BCUT2D eigenvalue weighted by atomic mass is 32.1. The van der Waals surface area contributed by atoms with Crippen molar-refractivity contribution >= 4 is 97.1 Å². The topological polar surface area (TPSA) is 6.48 Å². The highest BCUT2D eigenvalue weighted by Crippen LogP contribution is 2.64. The van der Waals surface area contributed by atoms with E-state index in [1.807, 2.05) is 46.9 Å². The van der Waals surface area contributed by atoms with Crippen LogP contribution in [0.2, 0.25) is 0 Å². The van der Waals surface area contributed by atoms with Crippen LogP contribution >= 0.6 is 22.7 Å². The zero-order chi connectivity index (χ0) is 48.6. The summed E-state index contributed by atoms with van der Waals surface area (Å²) in [5.41, 5.74) is 16.9. The maximum absolute atomic E-state index is 14.9. The van der Waals surface area contributed by atoms with Crippen molar-refractivity contribution in [2.75, 3.05) is 9.80 Å². The van der Waals surface area contributed by atoms with Crippen molar-refractivity contribution < 1.29 is 8.78 Å². The molecule has 0 bridgehead atoms. The van der Waals surface area contributed by atoms with Gasteiger partial charge in [0.2, 0.25) is 0 Å². The van der Waals surface area contributed by atoms with E-state index in [-0.39, 0.29) is 17.0 Å². The minimum Gasteiger partial charge on any atom is -0.309 e. The van der Waals surface area contributed by atoms with Gasteiger partial charge in [-0.2, -0.15) is 0 Å². The van der Waals surface area contributed by atoms with E-state index < -0.39 is 5.41 Å². The maximum atomic E-state index is 14.9. The van der Waals surface area contributed by atoms with Gasteiger partial charge in [0.1, 0.15) is 11.6 Å². The molecular weight excluding hydrogens is 923 g/mol. The van der Waals surface area contributed by atoms with Crippen molar-refractivity contribution in [3.8, 4) is 11.1 Å². The van der Waals surface area contributed by atoms with Crippen molar-refractivity contribution in [2.45, 2.75) is 38.5 Å². The SMILES string of the molecule is Cc1cccc2c1sc1c(N(c3ccc(F)cc3)c3ccc4c(c3)C3(c5cc(N(c6ccc(F)cc6)c6cccc7c6sc6c(C)cccc67)ccc5-4)c4ccccc4C(C)(C)c4ccccc43)cccc12. The van der Waals surface area contributed by atoms with Crippen LogP contribution in [0.4, 0.5) is 42.9 Å².